The quantitative estimate of drug-likeness (QED) is 0.743. The van der Waals surface area contributed by atoms with E-state index in [0.717, 1.165) is 51.0 Å². The zero-order chi connectivity index (χ0) is 15.9. The number of para-hydroxylation sites is 1. The lowest BCUT2D eigenvalue weighted by atomic mass is 9.95. The average molecular weight is 305 g/mol. The van der Waals surface area contributed by atoms with Crippen LogP contribution in [0.3, 0.4) is 0 Å². The van der Waals surface area contributed by atoms with Crippen molar-refractivity contribution in [3.8, 4) is 5.75 Å². The minimum absolute atomic E-state index is 0.167. The van der Waals surface area contributed by atoms with E-state index < -0.39 is 0 Å². The van der Waals surface area contributed by atoms with Gasteiger partial charge in [0.2, 0.25) is 5.91 Å². The Kier molecular flexibility index (Phi) is 6.25. The Morgan fingerprint density at radius 1 is 1.32 bits per heavy atom. The summed E-state index contributed by atoms with van der Waals surface area (Å²) in [5.41, 5.74) is 0.998. The first-order valence-electron chi connectivity index (χ1n) is 8.44. The molecular formula is C18H29N2O2+. The molecule has 0 radical (unpaired) electrons. The lowest BCUT2D eigenvalue weighted by Gasteiger charge is -2.28. The predicted molar refractivity (Wildman–Crippen MR) is 87.7 cm³/mol. The van der Waals surface area contributed by atoms with Crippen LogP contribution in [0.25, 0.3) is 0 Å². The summed E-state index contributed by atoms with van der Waals surface area (Å²) < 4.78 is 0. The topological polar surface area (TPSA) is 53.8 Å². The maximum Gasteiger partial charge on any atom is 0.223 e. The minimum Gasteiger partial charge on any atom is -0.507 e. The number of phenols is 1. The van der Waals surface area contributed by atoms with E-state index >= 15 is 0 Å². The summed E-state index contributed by atoms with van der Waals surface area (Å²) in [4.78, 5) is 13.6. The molecule has 0 aliphatic carbocycles. The van der Waals surface area contributed by atoms with Gasteiger partial charge in [-0.1, -0.05) is 26.0 Å². The van der Waals surface area contributed by atoms with E-state index in [2.05, 4.69) is 19.2 Å². The first kappa shape index (κ1) is 16.8. The second kappa shape index (κ2) is 8.18. The van der Waals surface area contributed by atoms with Crippen molar-refractivity contribution in [2.45, 2.75) is 39.7 Å². The van der Waals surface area contributed by atoms with Gasteiger partial charge in [-0.2, -0.15) is 0 Å². The molecule has 1 aliphatic rings. The normalized spacial score (nSPS) is 21.8. The molecule has 22 heavy (non-hydrogen) atoms. The minimum atomic E-state index is 0.167. The molecule has 122 valence electrons. The standard InChI is InChI=1S/C18H28N2O2/c1-14(2)7-10-19-18(22)15-8-11-20(12-9-15)13-16-5-3-4-6-17(16)21/h3-6,14-15,21H,7-13H2,1-2H3,(H,19,22)/p+1. The molecule has 0 unspecified atom stereocenters. The van der Waals surface area contributed by atoms with Crippen LogP contribution in [0.1, 0.15) is 38.7 Å². The number of benzene rings is 1. The molecule has 0 saturated carbocycles. The summed E-state index contributed by atoms with van der Waals surface area (Å²) in [6.07, 6.45) is 2.93. The molecule has 0 bridgehead atoms. The monoisotopic (exact) mass is 305 g/mol. The van der Waals surface area contributed by atoms with Gasteiger partial charge in [0.05, 0.1) is 13.1 Å². The van der Waals surface area contributed by atoms with Crippen molar-refractivity contribution in [2.24, 2.45) is 11.8 Å². The average Bonchev–Trinajstić information content (AvgIpc) is 2.50. The smallest absolute Gasteiger partial charge is 0.223 e. The molecule has 0 spiro atoms. The molecule has 1 amide bonds. The van der Waals surface area contributed by atoms with Crippen LogP contribution in [0.4, 0.5) is 0 Å². The van der Waals surface area contributed by atoms with Crippen LogP contribution in [0.2, 0.25) is 0 Å². The molecular weight excluding hydrogens is 276 g/mol. The number of aromatic hydroxyl groups is 1. The number of hydrogen-bond donors (Lipinski definition) is 3. The molecule has 1 aliphatic heterocycles. The summed E-state index contributed by atoms with van der Waals surface area (Å²) in [5.74, 6) is 1.40. The lowest BCUT2D eigenvalue weighted by molar-refractivity contribution is -0.919. The number of likely N-dealkylation sites (tertiary alicyclic amines) is 1. The van der Waals surface area contributed by atoms with E-state index in [9.17, 15) is 9.90 Å². The molecule has 4 nitrogen and oxygen atoms in total. The third-order valence-electron chi connectivity index (χ3n) is 4.52. The third-order valence-corrected chi connectivity index (χ3v) is 4.52. The number of nitrogens with one attached hydrogen (secondary N) is 2. The van der Waals surface area contributed by atoms with E-state index in [1.165, 1.54) is 4.90 Å². The highest BCUT2D eigenvalue weighted by molar-refractivity contribution is 5.78. The zero-order valence-corrected chi connectivity index (χ0v) is 13.8. The number of carbonyl (C=O) groups is 1. The number of phenolic OH excluding ortho intramolecular Hbond substituents is 1. The van der Waals surface area contributed by atoms with Gasteiger partial charge >= 0.3 is 0 Å². The van der Waals surface area contributed by atoms with E-state index in [4.69, 9.17) is 0 Å². The Labute approximate surface area is 133 Å². The highest BCUT2D eigenvalue weighted by Gasteiger charge is 2.27. The summed E-state index contributed by atoms with van der Waals surface area (Å²) in [6.45, 7) is 7.98. The lowest BCUT2D eigenvalue weighted by Crippen LogP contribution is -3.11. The van der Waals surface area contributed by atoms with Crippen LogP contribution >= 0.6 is 0 Å². The fourth-order valence-corrected chi connectivity index (χ4v) is 3.02. The Hall–Kier alpha value is -1.55. The van der Waals surface area contributed by atoms with Crippen LogP contribution in [-0.2, 0) is 11.3 Å². The van der Waals surface area contributed by atoms with Gasteiger partial charge in [0.25, 0.3) is 0 Å². The van der Waals surface area contributed by atoms with Crippen molar-refractivity contribution < 1.29 is 14.8 Å². The van der Waals surface area contributed by atoms with Gasteiger partial charge in [0.1, 0.15) is 12.3 Å². The Balaban J connectivity index is 1.73. The number of rotatable bonds is 6. The van der Waals surface area contributed by atoms with Crippen molar-refractivity contribution in [1.29, 1.82) is 0 Å². The summed E-state index contributed by atoms with van der Waals surface area (Å²) in [7, 11) is 0. The molecule has 1 aromatic rings. The SMILES string of the molecule is CC(C)CCNC(=O)C1CC[NH+](Cc2ccccc2O)CC1. The van der Waals surface area contributed by atoms with Gasteiger partial charge in [0.15, 0.2) is 0 Å². The number of piperidine rings is 1. The number of carbonyl (C=O) groups excluding carboxylic acids is 1. The van der Waals surface area contributed by atoms with E-state index in [0.29, 0.717) is 11.7 Å². The molecule has 1 fully saturated rings. The summed E-state index contributed by atoms with van der Waals surface area (Å²) in [6, 6.07) is 7.53. The first-order valence-corrected chi connectivity index (χ1v) is 8.44. The van der Waals surface area contributed by atoms with Gasteiger partial charge in [-0.3, -0.25) is 4.79 Å². The van der Waals surface area contributed by atoms with Gasteiger partial charge in [-0.05, 0) is 24.5 Å². The Morgan fingerprint density at radius 2 is 2.00 bits per heavy atom. The fourth-order valence-electron chi connectivity index (χ4n) is 3.02. The summed E-state index contributed by atoms with van der Waals surface area (Å²) >= 11 is 0. The molecule has 2 rings (SSSR count). The number of hydrogen-bond acceptors (Lipinski definition) is 2. The highest BCUT2D eigenvalue weighted by atomic mass is 16.3. The van der Waals surface area contributed by atoms with Crippen molar-refractivity contribution in [3.05, 3.63) is 29.8 Å². The van der Waals surface area contributed by atoms with Crippen LogP contribution in [0.15, 0.2) is 24.3 Å². The first-order chi connectivity index (χ1) is 10.6. The maximum absolute atomic E-state index is 12.1. The Bertz CT molecular complexity index is 480. The van der Waals surface area contributed by atoms with Crippen LogP contribution < -0.4 is 10.2 Å². The predicted octanol–water partition coefficient (Wildman–Crippen LogP) is 1.35. The molecule has 4 heteroatoms. The largest absolute Gasteiger partial charge is 0.507 e. The molecule has 0 aromatic heterocycles. The molecule has 1 heterocycles. The molecule has 1 aromatic carbocycles. The summed E-state index contributed by atoms with van der Waals surface area (Å²) in [5, 5.41) is 12.9. The van der Waals surface area contributed by atoms with Crippen LogP contribution in [0, 0.1) is 11.8 Å². The number of amides is 1. The van der Waals surface area contributed by atoms with E-state index in [1.54, 1.807) is 6.07 Å². The fraction of sp³-hybridized carbons (Fsp3) is 0.611. The molecule has 0 atom stereocenters. The van der Waals surface area contributed by atoms with Crippen molar-refractivity contribution in [2.75, 3.05) is 19.6 Å². The van der Waals surface area contributed by atoms with E-state index in [-0.39, 0.29) is 11.8 Å². The second-order valence-corrected chi connectivity index (χ2v) is 6.80. The van der Waals surface area contributed by atoms with Crippen molar-refractivity contribution >= 4 is 5.91 Å². The third kappa shape index (κ3) is 5.02. The van der Waals surface area contributed by atoms with Gasteiger partial charge in [-0.15, -0.1) is 0 Å². The van der Waals surface area contributed by atoms with Crippen molar-refractivity contribution in [3.63, 3.8) is 0 Å². The van der Waals surface area contributed by atoms with Gasteiger partial charge in [-0.25, -0.2) is 0 Å². The van der Waals surface area contributed by atoms with Crippen LogP contribution in [0.5, 0.6) is 5.75 Å². The maximum atomic E-state index is 12.1. The van der Waals surface area contributed by atoms with E-state index in [1.807, 2.05) is 18.2 Å². The number of quaternary nitrogens is 1. The van der Waals surface area contributed by atoms with Crippen LogP contribution in [-0.4, -0.2) is 30.6 Å². The second-order valence-electron chi connectivity index (χ2n) is 6.80. The highest BCUT2D eigenvalue weighted by Crippen LogP contribution is 2.15. The Morgan fingerprint density at radius 3 is 2.64 bits per heavy atom. The van der Waals surface area contributed by atoms with Gasteiger partial charge in [0, 0.05) is 30.9 Å². The zero-order valence-electron chi connectivity index (χ0n) is 13.8. The molecule has 1 saturated heterocycles. The molecule has 3 N–H and O–H groups in total. The van der Waals surface area contributed by atoms with Crippen molar-refractivity contribution in [1.82, 2.24) is 5.32 Å². The van der Waals surface area contributed by atoms with Gasteiger partial charge < -0.3 is 15.3 Å².